The first-order valence-electron chi connectivity index (χ1n) is 8.33. The van der Waals surface area contributed by atoms with Gasteiger partial charge in [0, 0.05) is 37.6 Å². The Hall–Kier alpha value is -1.13. The molecule has 1 atom stereocenters. The zero-order valence-electron chi connectivity index (χ0n) is 12.9. The minimum Gasteiger partial charge on any atom is -0.381 e. The molecule has 2 heterocycles. The van der Waals surface area contributed by atoms with E-state index in [-0.39, 0.29) is 5.56 Å². The summed E-state index contributed by atoms with van der Waals surface area (Å²) in [6, 6.07) is 4.22. The summed E-state index contributed by atoms with van der Waals surface area (Å²) >= 11 is 0. The third kappa shape index (κ3) is 3.22. The van der Waals surface area contributed by atoms with Gasteiger partial charge in [0.2, 0.25) is 0 Å². The fourth-order valence-corrected chi connectivity index (χ4v) is 3.71. The van der Waals surface area contributed by atoms with Gasteiger partial charge in [0.15, 0.2) is 0 Å². The van der Waals surface area contributed by atoms with Crippen molar-refractivity contribution in [3.8, 4) is 0 Å². The smallest absolute Gasteiger partial charge is 0.250 e. The molecule has 1 aliphatic carbocycles. The molecular weight excluding hydrogens is 264 g/mol. The van der Waals surface area contributed by atoms with Crippen LogP contribution in [0.3, 0.4) is 0 Å². The van der Waals surface area contributed by atoms with E-state index in [0.717, 1.165) is 45.6 Å². The van der Waals surface area contributed by atoms with Gasteiger partial charge < -0.3 is 14.6 Å². The second-order valence-corrected chi connectivity index (χ2v) is 6.24. The Bertz CT molecular complexity index is 532. The van der Waals surface area contributed by atoms with Gasteiger partial charge in [-0.15, -0.1) is 0 Å². The quantitative estimate of drug-likeness (QED) is 0.925. The van der Waals surface area contributed by atoms with Gasteiger partial charge in [-0.2, -0.15) is 0 Å². The first kappa shape index (κ1) is 14.8. The third-order valence-electron chi connectivity index (χ3n) is 4.84. The Balaban J connectivity index is 1.88. The van der Waals surface area contributed by atoms with Crippen LogP contribution in [-0.4, -0.2) is 24.3 Å². The Morgan fingerprint density at radius 2 is 2.10 bits per heavy atom. The molecule has 2 aliphatic rings. The SMILES string of the molecule is CCNC1CCCc2c1ccc(=O)n2CC1CCOCC1. The number of rotatable bonds is 4. The van der Waals surface area contributed by atoms with Gasteiger partial charge in [0.1, 0.15) is 0 Å². The van der Waals surface area contributed by atoms with Crippen LogP contribution in [0, 0.1) is 5.92 Å². The molecule has 1 aromatic rings. The number of aromatic nitrogens is 1. The highest BCUT2D eigenvalue weighted by atomic mass is 16.5. The van der Waals surface area contributed by atoms with Gasteiger partial charge >= 0.3 is 0 Å². The topological polar surface area (TPSA) is 43.3 Å². The average Bonchev–Trinajstić information content (AvgIpc) is 2.52. The highest BCUT2D eigenvalue weighted by Crippen LogP contribution is 2.29. The number of nitrogens with one attached hydrogen (secondary N) is 1. The lowest BCUT2D eigenvalue weighted by Gasteiger charge is -2.30. The van der Waals surface area contributed by atoms with Crippen molar-refractivity contribution in [3.05, 3.63) is 33.7 Å². The molecule has 0 radical (unpaired) electrons. The van der Waals surface area contributed by atoms with Crippen molar-refractivity contribution in [3.63, 3.8) is 0 Å². The number of hydrogen-bond donors (Lipinski definition) is 1. The van der Waals surface area contributed by atoms with E-state index in [0.29, 0.717) is 12.0 Å². The fourth-order valence-electron chi connectivity index (χ4n) is 3.71. The summed E-state index contributed by atoms with van der Waals surface area (Å²) < 4.78 is 7.48. The van der Waals surface area contributed by atoms with Crippen LogP contribution in [-0.2, 0) is 17.7 Å². The molecule has 1 fully saturated rings. The van der Waals surface area contributed by atoms with Crippen LogP contribution in [0.25, 0.3) is 0 Å². The second kappa shape index (κ2) is 6.75. The average molecular weight is 290 g/mol. The lowest BCUT2D eigenvalue weighted by Crippen LogP contribution is -2.34. The maximum Gasteiger partial charge on any atom is 0.250 e. The van der Waals surface area contributed by atoms with Crippen molar-refractivity contribution in [1.29, 1.82) is 0 Å². The van der Waals surface area contributed by atoms with Crippen molar-refractivity contribution in [2.75, 3.05) is 19.8 Å². The highest BCUT2D eigenvalue weighted by molar-refractivity contribution is 5.27. The van der Waals surface area contributed by atoms with E-state index in [2.05, 4.69) is 16.8 Å². The Kier molecular flexibility index (Phi) is 4.76. The summed E-state index contributed by atoms with van der Waals surface area (Å²) in [5.74, 6) is 0.586. The van der Waals surface area contributed by atoms with Crippen molar-refractivity contribution >= 4 is 0 Å². The molecule has 4 nitrogen and oxygen atoms in total. The molecule has 0 spiro atoms. The normalized spacial score (nSPS) is 23.0. The van der Waals surface area contributed by atoms with Gasteiger partial charge in [0.05, 0.1) is 0 Å². The van der Waals surface area contributed by atoms with Crippen LogP contribution in [0.5, 0.6) is 0 Å². The van der Waals surface area contributed by atoms with E-state index in [1.54, 1.807) is 6.07 Å². The fraction of sp³-hybridized carbons (Fsp3) is 0.706. The Labute approximate surface area is 126 Å². The van der Waals surface area contributed by atoms with Crippen LogP contribution >= 0.6 is 0 Å². The van der Waals surface area contributed by atoms with Gasteiger partial charge in [-0.1, -0.05) is 13.0 Å². The molecule has 0 amide bonds. The van der Waals surface area contributed by atoms with Crippen LogP contribution in [0.1, 0.15) is 49.9 Å². The minimum absolute atomic E-state index is 0.164. The molecule has 4 heteroatoms. The molecule has 0 bridgehead atoms. The number of ether oxygens (including phenoxy) is 1. The maximum absolute atomic E-state index is 12.3. The Morgan fingerprint density at radius 3 is 2.86 bits per heavy atom. The largest absolute Gasteiger partial charge is 0.381 e. The van der Waals surface area contributed by atoms with Gasteiger partial charge in [-0.25, -0.2) is 0 Å². The predicted molar refractivity (Wildman–Crippen MR) is 83.6 cm³/mol. The summed E-state index contributed by atoms with van der Waals surface area (Å²) in [5, 5.41) is 3.56. The van der Waals surface area contributed by atoms with Crippen molar-refractivity contribution in [2.45, 2.75) is 51.6 Å². The molecule has 3 rings (SSSR count). The first-order valence-corrected chi connectivity index (χ1v) is 8.33. The molecule has 1 aromatic heterocycles. The van der Waals surface area contributed by atoms with Crippen molar-refractivity contribution in [1.82, 2.24) is 9.88 Å². The molecule has 0 aromatic carbocycles. The van der Waals surface area contributed by atoms with Crippen LogP contribution in [0.2, 0.25) is 0 Å². The molecule has 0 saturated carbocycles. The zero-order chi connectivity index (χ0) is 14.7. The minimum atomic E-state index is 0.164. The molecule has 1 aliphatic heterocycles. The monoisotopic (exact) mass is 290 g/mol. The van der Waals surface area contributed by atoms with E-state index in [1.807, 2.05) is 6.07 Å². The van der Waals surface area contributed by atoms with E-state index in [9.17, 15) is 4.79 Å². The number of nitrogens with zero attached hydrogens (tertiary/aromatic N) is 1. The number of hydrogen-bond acceptors (Lipinski definition) is 3. The van der Waals surface area contributed by atoms with Gasteiger partial charge in [0.25, 0.3) is 5.56 Å². The Morgan fingerprint density at radius 1 is 1.29 bits per heavy atom. The van der Waals surface area contributed by atoms with Crippen molar-refractivity contribution in [2.24, 2.45) is 5.92 Å². The molecule has 1 saturated heterocycles. The van der Waals surface area contributed by atoms with Gasteiger partial charge in [-0.3, -0.25) is 4.79 Å². The molecule has 116 valence electrons. The van der Waals surface area contributed by atoms with Crippen LogP contribution in [0.4, 0.5) is 0 Å². The first-order chi connectivity index (χ1) is 10.3. The molecule has 1 N–H and O–H groups in total. The summed E-state index contributed by atoms with van der Waals surface area (Å²) in [4.78, 5) is 12.3. The van der Waals surface area contributed by atoms with Gasteiger partial charge in [-0.05, 0) is 50.1 Å². The summed E-state index contributed by atoms with van der Waals surface area (Å²) in [6.07, 6.45) is 5.54. The highest BCUT2D eigenvalue weighted by Gasteiger charge is 2.24. The summed E-state index contributed by atoms with van der Waals surface area (Å²) in [5.41, 5.74) is 2.78. The molecule has 1 unspecified atom stereocenters. The lowest BCUT2D eigenvalue weighted by molar-refractivity contribution is 0.0606. The summed E-state index contributed by atoms with van der Waals surface area (Å²) in [7, 11) is 0. The predicted octanol–water partition coefficient (Wildman–Crippen LogP) is 2.26. The number of fused-ring (bicyclic) bond motifs is 1. The van der Waals surface area contributed by atoms with E-state index in [1.165, 1.54) is 24.1 Å². The van der Waals surface area contributed by atoms with Crippen LogP contribution < -0.4 is 10.9 Å². The third-order valence-corrected chi connectivity index (χ3v) is 4.84. The van der Waals surface area contributed by atoms with E-state index >= 15 is 0 Å². The van der Waals surface area contributed by atoms with Crippen LogP contribution in [0.15, 0.2) is 16.9 Å². The standard InChI is InChI=1S/C17H26N2O2/c1-2-18-15-4-3-5-16-14(15)6-7-17(20)19(16)12-13-8-10-21-11-9-13/h6-7,13,15,18H,2-5,8-12H2,1H3. The molecular formula is C17H26N2O2. The molecule has 21 heavy (non-hydrogen) atoms. The van der Waals surface area contributed by atoms with Crippen molar-refractivity contribution < 1.29 is 4.74 Å². The van der Waals surface area contributed by atoms with E-state index < -0.39 is 0 Å². The van der Waals surface area contributed by atoms with E-state index in [4.69, 9.17) is 4.74 Å². The zero-order valence-corrected chi connectivity index (χ0v) is 12.9. The lowest BCUT2D eigenvalue weighted by atomic mass is 9.90. The maximum atomic E-state index is 12.3. The second-order valence-electron chi connectivity index (χ2n) is 6.24. The summed E-state index contributed by atoms with van der Waals surface area (Å²) in [6.45, 7) is 5.67. The number of pyridine rings is 1.